The summed E-state index contributed by atoms with van der Waals surface area (Å²) in [7, 11) is 0. The minimum atomic E-state index is -0.662. The van der Waals surface area contributed by atoms with Gasteiger partial charge >= 0.3 is 0 Å². The van der Waals surface area contributed by atoms with E-state index in [1.807, 2.05) is 23.1 Å². The Morgan fingerprint density at radius 1 is 1.33 bits per heavy atom. The summed E-state index contributed by atoms with van der Waals surface area (Å²) in [5.41, 5.74) is 9.11. The first kappa shape index (κ1) is 17.8. The molecule has 1 aromatic heterocycles. The SMILES string of the molecule is C=CC(O)N1CCC(c2cc(C3=CCCC=C3F)cc3cnc(N)nc23)C1. The number of hydrogen-bond acceptors (Lipinski definition) is 5. The molecule has 0 saturated carbocycles. The molecule has 2 aromatic rings. The van der Waals surface area contributed by atoms with E-state index in [1.165, 1.54) is 6.08 Å². The molecule has 1 aliphatic heterocycles. The standard InChI is InChI=1S/C21H23FN4O/c1-2-19(27)26-8-7-13(12-26)17-10-14(16-5-3-4-6-18(16)22)9-15-11-24-21(23)25-20(15)17/h2,5-6,9-11,13,19,27H,1,3-4,7-8,12H2,(H2,23,24,25). The fourth-order valence-electron chi connectivity index (χ4n) is 3.98. The molecule has 3 N–H and O–H groups in total. The maximum absolute atomic E-state index is 14.4. The second-order valence-corrected chi connectivity index (χ2v) is 7.11. The maximum Gasteiger partial charge on any atom is 0.220 e. The van der Waals surface area contributed by atoms with E-state index in [2.05, 4.69) is 16.5 Å². The largest absolute Gasteiger partial charge is 0.375 e. The fraction of sp³-hybridized carbons (Fsp3) is 0.333. The van der Waals surface area contributed by atoms with Crippen LogP contribution in [0, 0.1) is 0 Å². The van der Waals surface area contributed by atoms with E-state index >= 15 is 0 Å². The van der Waals surface area contributed by atoms with Crippen LogP contribution in [-0.2, 0) is 0 Å². The molecule has 0 bridgehead atoms. The molecular weight excluding hydrogens is 343 g/mol. The summed E-state index contributed by atoms with van der Waals surface area (Å²) < 4.78 is 14.4. The number of nitrogens with zero attached hydrogens (tertiary/aromatic N) is 3. The minimum absolute atomic E-state index is 0.174. The zero-order chi connectivity index (χ0) is 19.0. The van der Waals surface area contributed by atoms with Crippen molar-refractivity contribution in [3.8, 4) is 0 Å². The molecule has 1 fully saturated rings. The van der Waals surface area contributed by atoms with Crippen LogP contribution in [0.4, 0.5) is 10.3 Å². The number of likely N-dealkylation sites (tertiary alicyclic amines) is 1. The molecule has 5 nitrogen and oxygen atoms in total. The monoisotopic (exact) mass is 366 g/mol. The van der Waals surface area contributed by atoms with Crippen LogP contribution in [0.3, 0.4) is 0 Å². The molecule has 2 heterocycles. The second kappa shape index (κ2) is 7.21. The van der Waals surface area contributed by atoms with Crippen LogP contribution in [0.2, 0.25) is 0 Å². The van der Waals surface area contributed by atoms with Gasteiger partial charge < -0.3 is 10.8 Å². The van der Waals surface area contributed by atoms with Crippen molar-refractivity contribution < 1.29 is 9.50 Å². The Morgan fingerprint density at radius 2 is 2.15 bits per heavy atom. The summed E-state index contributed by atoms with van der Waals surface area (Å²) in [5.74, 6) is 0.214. The van der Waals surface area contributed by atoms with Crippen LogP contribution in [0.1, 0.15) is 36.3 Å². The second-order valence-electron chi connectivity index (χ2n) is 7.11. The Kier molecular flexibility index (Phi) is 4.76. The van der Waals surface area contributed by atoms with Gasteiger partial charge in [-0.2, -0.15) is 0 Å². The predicted octanol–water partition coefficient (Wildman–Crippen LogP) is 3.54. The summed E-state index contributed by atoms with van der Waals surface area (Å²) >= 11 is 0. The molecule has 2 atom stereocenters. The predicted molar refractivity (Wildman–Crippen MR) is 105 cm³/mol. The average molecular weight is 366 g/mol. The van der Waals surface area contributed by atoms with E-state index in [0.29, 0.717) is 12.1 Å². The van der Waals surface area contributed by atoms with E-state index in [9.17, 15) is 9.50 Å². The van der Waals surface area contributed by atoms with Gasteiger partial charge in [0, 0.05) is 36.2 Å². The molecule has 0 amide bonds. The number of benzene rings is 1. The molecule has 1 saturated heterocycles. The van der Waals surface area contributed by atoms with Gasteiger partial charge in [-0.15, -0.1) is 0 Å². The van der Waals surface area contributed by atoms with E-state index in [-0.39, 0.29) is 17.7 Å². The summed E-state index contributed by atoms with van der Waals surface area (Å²) in [4.78, 5) is 10.5. The number of rotatable bonds is 4. The Hall–Kier alpha value is -2.57. The summed E-state index contributed by atoms with van der Waals surface area (Å²) in [6.45, 7) is 5.12. The third-order valence-electron chi connectivity index (χ3n) is 5.38. The number of nitrogens with two attached hydrogens (primary N) is 1. The molecule has 0 radical (unpaired) electrons. The van der Waals surface area contributed by atoms with E-state index in [0.717, 1.165) is 47.8 Å². The average Bonchev–Trinajstić information content (AvgIpc) is 3.17. The number of fused-ring (bicyclic) bond motifs is 1. The van der Waals surface area contributed by atoms with Crippen LogP contribution >= 0.6 is 0 Å². The highest BCUT2D eigenvalue weighted by Crippen LogP contribution is 2.37. The smallest absolute Gasteiger partial charge is 0.220 e. The molecule has 2 aliphatic rings. The van der Waals surface area contributed by atoms with Crippen LogP contribution in [0.25, 0.3) is 16.5 Å². The lowest BCUT2D eigenvalue weighted by Gasteiger charge is -2.21. The highest BCUT2D eigenvalue weighted by atomic mass is 19.1. The maximum atomic E-state index is 14.4. The number of aliphatic hydroxyl groups is 1. The minimum Gasteiger partial charge on any atom is -0.375 e. The van der Waals surface area contributed by atoms with Gasteiger partial charge in [-0.3, -0.25) is 4.90 Å². The molecule has 140 valence electrons. The first-order valence-corrected chi connectivity index (χ1v) is 9.24. The lowest BCUT2D eigenvalue weighted by molar-refractivity contribution is 0.0605. The van der Waals surface area contributed by atoms with Crippen LogP contribution in [0.5, 0.6) is 0 Å². The van der Waals surface area contributed by atoms with Crippen LogP contribution in [0.15, 0.2) is 49.0 Å². The van der Waals surface area contributed by atoms with Gasteiger partial charge in [0.15, 0.2) is 0 Å². The van der Waals surface area contributed by atoms with Gasteiger partial charge in [-0.25, -0.2) is 14.4 Å². The number of nitrogen functional groups attached to an aromatic ring is 1. The van der Waals surface area contributed by atoms with Crippen molar-refractivity contribution in [3.05, 3.63) is 60.1 Å². The lowest BCUT2D eigenvalue weighted by atomic mass is 9.90. The lowest BCUT2D eigenvalue weighted by Crippen LogP contribution is -2.31. The zero-order valence-corrected chi connectivity index (χ0v) is 15.1. The Labute approximate surface area is 157 Å². The number of allylic oxidation sites excluding steroid dienone is 4. The van der Waals surface area contributed by atoms with Gasteiger partial charge in [0.25, 0.3) is 0 Å². The van der Waals surface area contributed by atoms with Crippen molar-refractivity contribution in [3.63, 3.8) is 0 Å². The highest BCUT2D eigenvalue weighted by Gasteiger charge is 2.29. The van der Waals surface area contributed by atoms with Crippen molar-refractivity contribution >= 4 is 22.4 Å². The number of halogens is 1. The zero-order valence-electron chi connectivity index (χ0n) is 15.1. The molecule has 4 rings (SSSR count). The van der Waals surface area contributed by atoms with Crippen LogP contribution in [-0.4, -0.2) is 39.3 Å². The third kappa shape index (κ3) is 3.38. The first-order chi connectivity index (χ1) is 13.1. The van der Waals surface area contributed by atoms with Gasteiger partial charge in [0.05, 0.1) is 5.52 Å². The van der Waals surface area contributed by atoms with E-state index in [1.54, 1.807) is 12.3 Å². The Morgan fingerprint density at radius 3 is 2.93 bits per heavy atom. The molecule has 27 heavy (non-hydrogen) atoms. The molecular formula is C21H23FN4O. The molecule has 6 heteroatoms. The van der Waals surface area contributed by atoms with Crippen molar-refractivity contribution in [2.75, 3.05) is 18.8 Å². The normalized spacial score (nSPS) is 21.8. The number of aliphatic hydroxyl groups excluding tert-OH is 1. The third-order valence-corrected chi connectivity index (χ3v) is 5.38. The molecule has 1 aromatic carbocycles. The Bertz CT molecular complexity index is 953. The molecule has 0 spiro atoms. The van der Waals surface area contributed by atoms with Gasteiger partial charge in [-0.1, -0.05) is 12.7 Å². The van der Waals surface area contributed by atoms with Gasteiger partial charge in [-0.05, 0) is 54.7 Å². The van der Waals surface area contributed by atoms with Gasteiger partial charge in [0.2, 0.25) is 5.95 Å². The quantitative estimate of drug-likeness (QED) is 0.810. The van der Waals surface area contributed by atoms with Crippen molar-refractivity contribution in [2.24, 2.45) is 0 Å². The summed E-state index contributed by atoms with van der Waals surface area (Å²) in [6.07, 6.45) is 8.59. The number of anilines is 1. The Balaban J connectivity index is 1.80. The number of hydrogen-bond donors (Lipinski definition) is 2. The fourth-order valence-corrected chi connectivity index (χ4v) is 3.98. The highest BCUT2D eigenvalue weighted by molar-refractivity contribution is 5.89. The summed E-state index contributed by atoms with van der Waals surface area (Å²) in [5, 5.41) is 10.9. The molecule has 1 aliphatic carbocycles. The summed E-state index contributed by atoms with van der Waals surface area (Å²) in [6, 6.07) is 3.95. The van der Waals surface area contributed by atoms with Crippen molar-refractivity contribution in [2.45, 2.75) is 31.4 Å². The van der Waals surface area contributed by atoms with E-state index in [4.69, 9.17) is 5.73 Å². The topological polar surface area (TPSA) is 75.3 Å². The number of aromatic nitrogens is 2. The van der Waals surface area contributed by atoms with Crippen molar-refractivity contribution in [1.29, 1.82) is 0 Å². The van der Waals surface area contributed by atoms with Crippen LogP contribution < -0.4 is 5.73 Å². The molecule has 2 unspecified atom stereocenters. The van der Waals surface area contributed by atoms with Gasteiger partial charge in [0.1, 0.15) is 12.1 Å². The van der Waals surface area contributed by atoms with E-state index < -0.39 is 6.23 Å². The first-order valence-electron chi connectivity index (χ1n) is 9.24. The van der Waals surface area contributed by atoms with Crippen molar-refractivity contribution in [1.82, 2.24) is 14.9 Å².